The van der Waals surface area contributed by atoms with Gasteiger partial charge in [-0.05, 0) is 67.8 Å². The number of aryl methyl sites for hydroxylation is 3. The lowest BCUT2D eigenvalue weighted by molar-refractivity contribution is 0.101. The van der Waals surface area contributed by atoms with Crippen LogP contribution in [0.25, 0.3) is 10.6 Å². The minimum atomic E-state index is -0.216. The Morgan fingerprint density at radius 1 is 0.861 bits per heavy atom. The minimum absolute atomic E-state index is 0.216. The first-order chi connectivity index (χ1) is 17.4. The Balaban J connectivity index is 1.25. The molecule has 180 valence electrons. The Kier molecular flexibility index (Phi) is 6.46. The zero-order chi connectivity index (χ0) is 25.1. The van der Waals surface area contributed by atoms with Gasteiger partial charge in [0.05, 0.1) is 4.88 Å². The van der Waals surface area contributed by atoms with Crippen LogP contribution in [0.4, 0.5) is 28.8 Å². The van der Waals surface area contributed by atoms with Gasteiger partial charge >= 0.3 is 0 Å². The van der Waals surface area contributed by atoms with Crippen LogP contribution in [0.1, 0.15) is 21.7 Å². The Labute approximate surface area is 213 Å². The number of thiophene rings is 1. The van der Waals surface area contributed by atoms with Gasteiger partial charge in [0, 0.05) is 35.9 Å². The van der Waals surface area contributed by atoms with E-state index in [9.17, 15) is 4.79 Å². The molecular weight excluding hydrogens is 470 g/mol. The van der Waals surface area contributed by atoms with Crippen molar-refractivity contribution in [2.45, 2.75) is 13.8 Å². The fourth-order valence-electron chi connectivity index (χ4n) is 3.66. The predicted molar refractivity (Wildman–Crippen MR) is 145 cm³/mol. The molecule has 8 nitrogen and oxygen atoms in total. The summed E-state index contributed by atoms with van der Waals surface area (Å²) in [7, 11) is 1.77. The number of aromatic nitrogens is 4. The maximum Gasteiger partial charge on any atom is 0.273 e. The molecular formula is C27H25N7OS. The van der Waals surface area contributed by atoms with Gasteiger partial charge in [0.15, 0.2) is 0 Å². The summed E-state index contributed by atoms with van der Waals surface area (Å²) >= 11 is 1.59. The molecule has 3 heterocycles. The van der Waals surface area contributed by atoms with Crippen molar-refractivity contribution in [3.63, 3.8) is 0 Å². The van der Waals surface area contributed by atoms with Crippen LogP contribution >= 0.6 is 11.3 Å². The standard InChI is InChI=1S/C27H25N7OS/c1-17-6-8-21(9-7-17)31-27-28-18(2)15-25(32-27)29-19-10-12-20(13-11-19)30-26(35)23-16-22(33-34(23)3)24-5-4-14-36-24/h4-16H,1-3H3,(H,30,35)(H2,28,29,31,32). The molecule has 0 bridgehead atoms. The molecule has 0 aliphatic carbocycles. The van der Waals surface area contributed by atoms with Gasteiger partial charge in [-0.25, -0.2) is 4.98 Å². The Morgan fingerprint density at radius 3 is 2.28 bits per heavy atom. The normalized spacial score (nSPS) is 10.8. The second-order valence-corrected chi connectivity index (χ2v) is 9.33. The molecule has 0 saturated carbocycles. The molecule has 0 unspecified atom stereocenters. The molecule has 9 heteroatoms. The first-order valence-corrected chi connectivity index (χ1v) is 12.3. The highest BCUT2D eigenvalue weighted by Gasteiger charge is 2.15. The lowest BCUT2D eigenvalue weighted by Gasteiger charge is -2.11. The lowest BCUT2D eigenvalue weighted by atomic mass is 10.2. The largest absolute Gasteiger partial charge is 0.340 e. The van der Waals surface area contributed by atoms with Crippen LogP contribution < -0.4 is 16.0 Å². The van der Waals surface area contributed by atoms with E-state index in [1.807, 2.05) is 86.0 Å². The Hall–Kier alpha value is -4.50. The summed E-state index contributed by atoms with van der Waals surface area (Å²) in [5, 5.41) is 15.9. The van der Waals surface area contributed by atoms with E-state index in [1.165, 1.54) is 5.56 Å². The first-order valence-electron chi connectivity index (χ1n) is 11.4. The first kappa shape index (κ1) is 23.3. The fourth-order valence-corrected chi connectivity index (χ4v) is 4.34. The number of benzene rings is 2. The van der Waals surface area contributed by atoms with E-state index in [0.29, 0.717) is 23.1 Å². The number of nitrogens with zero attached hydrogens (tertiary/aromatic N) is 4. The van der Waals surface area contributed by atoms with Gasteiger partial charge in [0.25, 0.3) is 5.91 Å². The monoisotopic (exact) mass is 495 g/mol. The quantitative estimate of drug-likeness (QED) is 0.245. The van der Waals surface area contributed by atoms with E-state index in [0.717, 1.165) is 27.6 Å². The van der Waals surface area contributed by atoms with E-state index in [1.54, 1.807) is 29.1 Å². The molecule has 0 aliphatic heterocycles. The predicted octanol–water partition coefficient (Wildman–Crippen LogP) is 6.29. The number of carbonyl (C=O) groups is 1. The Morgan fingerprint density at radius 2 is 1.56 bits per heavy atom. The topological polar surface area (TPSA) is 96.8 Å². The van der Waals surface area contributed by atoms with E-state index in [4.69, 9.17) is 0 Å². The number of anilines is 5. The summed E-state index contributed by atoms with van der Waals surface area (Å²) in [4.78, 5) is 22.9. The van der Waals surface area contributed by atoms with Gasteiger partial charge in [-0.3, -0.25) is 9.48 Å². The van der Waals surface area contributed by atoms with E-state index < -0.39 is 0 Å². The number of hydrogen-bond donors (Lipinski definition) is 3. The molecule has 2 aromatic carbocycles. The van der Waals surface area contributed by atoms with Crippen molar-refractivity contribution in [3.8, 4) is 10.6 Å². The summed E-state index contributed by atoms with van der Waals surface area (Å²) in [5.41, 5.74) is 5.76. The van der Waals surface area contributed by atoms with Gasteiger partial charge in [-0.1, -0.05) is 23.8 Å². The van der Waals surface area contributed by atoms with Crippen molar-refractivity contribution in [2.24, 2.45) is 7.05 Å². The molecule has 0 aliphatic rings. The van der Waals surface area contributed by atoms with Crippen molar-refractivity contribution in [1.29, 1.82) is 0 Å². The third-order valence-electron chi connectivity index (χ3n) is 5.46. The van der Waals surface area contributed by atoms with Gasteiger partial charge in [0.2, 0.25) is 5.95 Å². The molecule has 5 aromatic rings. The van der Waals surface area contributed by atoms with Crippen molar-refractivity contribution >= 4 is 46.1 Å². The van der Waals surface area contributed by atoms with Crippen LogP contribution in [0, 0.1) is 13.8 Å². The maximum absolute atomic E-state index is 12.8. The summed E-state index contributed by atoms with van der Waals surface area (Å²) in [6.45, 7) is 3.97. The van der Waals surface area contributed by atoms with Crippen molar-refractivity contribution in [3.05, 3.63) is 95.1 Å². The second kappa shape index (κ2) is 10.0. The molecule has 5 rings (SSSR count). The molecule has 0 fully saturated rings. The average Bonchev–Trinajstić information content (AvgIpc) is 3.51. The summed E-state index contributed by atoms with van der Waals surface area (Å²) in [6, 6.07) is 23.2. The van der Waals surface area contributed by atoms with Crippen molar-refractivity contribution in [2.75, 3.05) is 16.0 Å². The summed E-state index contributed by atoms with van der Waals surface area (Å²) < 4.78 is 1.60. The van der Waals surface area contributed by atoms with Crippen LogP contribution in [0.3, 0.4) is 0 Å². The number of hydrogen-bond acceptors (Lipinski definition) is 7. The minimum Gasteiger partial charge on any atom is -0.340 e. The molecule has 1 amide bonds. The maximum atomic E-state index is 12.8. The van der Waals surface area contributed by atoms with Gasteiger partial charge < -0.3 is 16.0 Å². The number of amides is 1. The van der Waals surface area contributed by atoms with Crippen molar-refractivity contribution in [1.82, 2.24) is 19.7 Å². The second-order valence-electron chi connectivity index (χ2n) is 8.38. The molecule has 3 N–H and O–H groups in total. The highest BCUT2D eigenvalue weighted by Crippen LogP contribution is 2.25. The van der Waals surface area contributed by atoms with Crippen LogP contribution in [0.5, 0.6) is 0 Å². The zero-order valence-electron chi connectivity index (χ0n) is 20.1. The van der Waals surface area contributed by atoms with E-state index in [-0.39, 0.29) is 5.91 Å². The van der Waals surface area contributed by atoms with Crippen LogP contribution in [-0.4, -0.2) is 25.7 Å². The smallest absolute Gasteiger partial charge is 0.273 e. The number of rotatable bonds is 7. The molecule has 0 atom stereocenters. The van der Waals surface area contributed by atoms with Gasteiger partial charge in [-0.15, -0.1) is 11.3 Å². The third-order valence-corrected chi connectivity index (χ3v) is 6.36. The Bertz CT molecular complexity index is 1490. The van der Waals surface area contributed by atoms with E-state index >= 15 is 0 Å². The number of carbonyl (C=O) groups excluding carboxylic acids is 1. The molecule has 36 heavy (non-hydrogen) atoms. The zero-order valence-corrected chi connectivity index (χ0v) is 20.9. The summed E-state index contributed by atoms with van der Waals surface area (Å²) in [5.74, 6) is 0.972. The van der Waals surface area contributed by atoms with Gasteiger partial charge in [-0.2, -0.15) is 10.1 Å². The van der Waals surface area contributed by atoms with Crippen LogP contribution in [-0.2, 0) is 7.05 Å². The van der Waals surface area contributed by atoms with Crippen molar-refractivity contribution < 1.29 is 4.79 Å². The highest BCUT2D eigenvalue weighted by molar-refractivity contribution is 7.13. The molecule has 0 radical (unpaired) electrons. The van der Waals surface area contributed by atoms with Gasteiger partial charge in [0.1, 0.15) is 17.2 Å². The highest BCUT2D eigenvalue weighted by atomic mass is 32.1. The molecule has 3 aromatic heterocycles. The summed E-state index contributed by atoms with van der Waals surface area (Å²) in [6.07, 6.45) is 0. The SMILES string of the molecule is Cc1ccc(Nc2nc(C)cc(Nc3ccc(NC(=O)c4cc(-c5cccs5)nn4C)cc3)n2)cc1. The molecule has 0 spiro atoms. The van der Waals surface area contributed by atoms with Crippen LogP contribution in [0.2, 0.25) is 0 Å². The van der Waals surface area contributed by atoms with E-state index in [2.05, 4.69) is 31.0 Å². The average molecular weight is 496 g/mol. The number of nitrogens with one attached hydrogen (secondary N) is 3. The lowest BCUT2D eigenvalue weighted by Crippen LogP contribution is -2.16. The van der Waals surface area contributed by atoms with Crippen LogP contribution in [0.15, 0.2) is 78.2 Å². The fraction of sp³-hybridized carbons (Fsp3) is 0.111. The molecule has 0 saturated heterocycles. The third kappa shape index (κ3) is 5.42.